The van der Waals surface area contributed by atoms with E-state index in [0.29, 0.717) is 12.5 Å². The first-order valence-electron chi connectivity index (χ1n) is 5.58. The molecule has 1 rings (SSSR count). The molecule has 0 aliphatic heterocycles. The maximum atomic E-state index is 6.26. The van der Waals surface area contributed by atoms with E-state index in [0.717, 1.165) is 21.9 Å². The van der Waals surface area contributed by atoms with E-state index in [9.17, 15) is 0 Å². The van der Waals surface area contributed by atoms with Crippen LogP contribution in [0, 0.1) is 0 Å². The average molecular weight is 242 g/mol. The Morgan fingerprint density at radius 3 is 2.31 bits per heavy atom. The molecule has 0 bridgehead atoms. The Labute approximate surface area is 103 Å². The zero-order valence-electron chi connectivity index (χ0n) is 10.4. The van der Waals surface area contributed by atoms with Crippen LogP contribution < -0.4 is 10.5 Å². The molecule has 0 saturated carbocycles. The summed E-state index contributed by atoms with van der Waals surface area (Å²) in [6, 6.07) is 4.00. The Bertz CT molecular complexity index is 363. The topological polar surface area (TPSA) is 35.2 Å². The van der Waals surface area contributed by atoms with Crippen molar-refractivity contribution in [1.29, 1.82) is 0 Å². The average Bonchev–Trinajstić information content (AvgIpc) is 2.27. The molecule has 90 valence electrons. The second kappa shape index (κ2) is 5.55. The number of nitrogens with two attached hydrogens (primary N) is 1. The van der Waals surface area contributed by atoms with Crippen LogP contribution in [-0.2, 0) is 0 Å². The molecule has 0 aliphatic carbocycles. The summed E-state index contributed by atoms with van der Waals surface area (Å²) in [6.07, 6.45) is 0. The van der Waals surface area contributed by atoms with Crippen molar-refractivity contribution >= 4 is 11.6 Å². The Kier molecular flexibility index (Phi) is 4.63. The number of ether oxygens (including phenoxy) is 1. The van der Waals surface area contributed by atoms with Gasteiger partial charge < -0.3 is 10.5 Å². The van der Waals surface area contributed by atoms with Crippen molar-refractivity contribution in [2.45, 2.75) is 32.6 Å². The lowest BCUT2D eigenvalue weighted by Crippen LogP contribution is -2.10. The smallest absolute Gasteiger partial charge is 0.122 e. The van der Waals surface area contributed by atoms with Gasteiger partial charge in [0.05, 0.1) is 7.11 Å². The second-order valence-corrected chi connectivity index (χ2v) is 4.81. The molecule has 16 heavy (non-hydrogen) atoms. The summed E-state index contributed by atoms with van der Waals surface area (Å²) in [5.41, 5.74) is 7.88. The largest absolute Gasteiger partial charge is 0.496 e. The second-order valence-electron chi connectivity index (χ2n) is 4.41. The third-order valence-electron chi connectivity index (χ3n) is 2.86. The molecule has 0 saturated heterocycles. The lowest BCUT2D eigenvalue weighted by Gasteiger charge is -2.18. The van der Waals surface area contributed by atoms with Crippen LogP contribution in [-0.4, -0.2) is 13.7 Å². The van der Waals surface area contributed by atoms with Gasteiger partial charge in [-0.3, -0.25) is 0 Å². The summed E-state index contributed by atoms with van der Waals surface area (Å²) in [5, 5.41) is 0.797. The molecule has 1 unspecified atom stereocenters. The summed E-state index contributed by atoms with van der Waals surface area (Å²) in [5.74, 6) is 1.53. The first-order chi connectivity index (χ1) is 7.51. The third kappa shape index (κ3) is 2.69. The molecule has 2 N–H and O–H groups in total. The van der Waals surface area contributed by atoms with Crippen molar-refractivity contribution in [2.24, 2.45) is 5.73 Å². The first-order valence-corrected chi connectivity index (χ1v) is 5.96. The highest BCUT2D eigenvalue weighted by Gasteiger charge is 2.15. The fourth-order valence-corrected chi connectivity index (χ4v) is 2.11. The predicted molar refractivity (Wildman–Crippen MR) is 69.6 cm³/mol. The van der Waals surface area contributed by atoms with E-state index in [1.165, 1.54) is 0 Å². The molecule has 1 aromatic carbocycles. The van der Waals surface area contributed by atoms with Crippen LogP contribution in [0.5, 0.6) is 5.75 Å². The minimum absolute atomic E-state index is 0.258. The van der Waals surface area contributed by atoms with Crippen molar-refractivity contribution in [3.8, 4) is 5.75 Å². The molecule has 0 amide bonds. The quantitative estimate of drug-likeness (QED) is 0.875. The van der Waals surface area contributed by atoms with E-state index >= 15 is 0 Å². The number of hydrogen-bond donors (Lipinski definition) is 1. The molecular weight excluding hydrogens is 222 g/mol. The van der Waals surface area contributed by atoms with E-state index < -0.39 is 0 Å². The molecule has 1 aromatic rings. The monoisotopic (exact) mass is 241 g/mol. The molecule has 0 spiro atoms. The molecule has 0 heterocycles. The third-order valence-corrected chi connectivity index (χ3v) is 3.18. The highest BCUT2D eigenvalue weighted by molar-refractivity contribution is 6.31. The standard InChI is InChI=1S/C13H20ClNO/c1-8(2)10-6-13(16-4)11(5-12(10)14)9(3)7-15/h5-6,8-9H,7,15H2,1-4H3. The van der Waals surface area contributed by atoms with Gasteiger partial charge in [-0.25, -0.2) is 0 Å². The molecule has 0 aliphatic rings. The Morgan fingerprint density at radius 2 is 1.88 bits per heavy atom. The van der Waals surface area contributed by atoms with Crippen LogP contribution in [0.15, 0.2) is 12.1 Å². The SMILES string of the molecule is COc1cc(C(C)C)c(Cl)cc1C(C)CN. The van der Waals surface area contributed by atoms with Crippen LogP contribution in [0.2, 0.25) is 5.02 Å². The van der Waals surface area contributed by atoms with E-state index in [1.54, 1.807) is 7.11 Å². The Balaban J connectivity index is 3.26. The van der Waals surface area contributed by atoms with Crippen molar-refractivity contribution in [3.05, 3.63) is 28.3 Å². The van der Waals surface area contributed by atoms with Gasteiger partial charge in [0.25, 0.3) is 0 Å². The number of rotatable bonds is 4. The molecule has 0 aromatic heterocycles. The number of methoxy groups -OCH3 is 1. The normalized spacial score (nSPS) is 12.9. The molecular formula is C13H20ClNO. The highest BCUT2D eigenvalue weighted by atomic mass is 35.5. The molecule has 3 heteroatoms. The van der Waals surface area contributed by atoms with Crippen LogP contribution >= 0.6 is 11.6 Å². The van der Waals surface area contributed by atoms with Gasteiger partial charge in [-0.05, 0) is 41.6 Å². The highest BCUT2D eigenvalue weighted by Crippen LogP contribution is 2.35. The maximum absolute atomic E-state index is 6.26. The number of hydrogen-bond acceptors (Lipinski definition) is 2. The lowest BCUT2D eigenvalue weighted by molar-refractivity contribution is 0.406. The van der Waals surface area contributed by atoms with Gasteiger partial charge in [-0.15, -0.1) is 0 Å². The van der Waals surface area contributed by atoms with Crippen molar-refractivity contribution in [2.75, 3.05) is 13.7 Å². The molecule has 0 fully saturated rings. The number of benzene rings is 1. The minimum Gasteiger partial charge on any atom is -0.496 e. The van der Waals surface area contributed by atoms with E-state index in [1.807, 2.05) is 12.1 Å². The van der Waals surface area contributed by atoms with Crippen LogP contribution in [0.25, 0.3) is 0 Å². The first kappa shape index (κ1) is 13.3. The van der Waals surface area contributed by atoms with Gasteiger partial charge in [0, 0.05) is 5.02 Å². The lowest BCUT2D eigenvalue weighted by atomic mass is 9.95. The Hall–Kier alpha value is -0.730. The fraction of sp³-hybridized carbons (Fsp3) is 0.538. The summed E-state index contributed by atoms with van der Waals surface area (Å²) in [4.78, 5) is 0. The Morgan fingerprint density at radius 1 is 1.25 bits per heavy atom. The molecule has 1 atom stereocenters. The predicted octanol–water partition coefficient (Wildman–Crippen LogP) is 3.53. The molecule has 0 radical (unpaired) electrons. The van der Waals surface area contributed by atoms with E-state index in [-0.39, 0.29) is 5.92 Å². The zero-order valence-corrected chi connectivity index (χ0v) is 11.1. The van der Waals surface area contributed by atoms with E-state index in [4.69, 9.17) is 22.1 Å². The number of halogens is 1. The maximum Gasteiger partial charge on any atom is 0.122 e. The summed E-state index contributed by atoms with van der Waals surface area (Å²) in [7, 11) is 1.68. The van der Waals surface area contributed by atoms with Crippen molar-refractivity contribution in [1.82, 2.24) is 0 Å². The fourth-order valence-electron chi connectivity index (χ4n) is 1.72. The molecule has 2 nitrogen and oxygen atoms in total. The van der Waals surface area contributed by atoms with Gasteiger partial charge in [0.15, 0.2) is 0 Å². The van der Waals surface area contributed by atoms with E-state index in [2.05, 4.69) is 20.8 Å². The van der Waals surface area contributed by atoms with Crippen LogP contribution in [0.1, 0.15) is 43.7 Å². The van der Waals surface area contributed by atoms with Gasteiger partial charge in [-0.2, -0.15) is 0 Å². The van der Waals surface area contributed by atoms with Crippen molar-refractivity contribution < 1.29 is 4.74 Å². The van der Waals surface area contributed by atoms with Crippen LogP contribution in [0.4, 0.5) is 0 Å². The van der Waals surface area contributed by atoms with Gasteiger partial charge >= 0.3 is 0 Å². The van der Waals surface area contributed by atoms with Crippen LogP contribution in [0.3, 0.4) is 0 Å². The zero-order chi connectivity index (χ0) is 12.3. The van der Waals surface area contributed by atoms with Gasteiger partial charge in [0.1, 0.15) is 5.75 Å². The summed E-state index contributed by atoms with van der Waals surface area (Å²) in [6.45, 7) is 6.90. The summed E-state index contributed by atoms with van der Waals surface area (Å²) < 4.78 is 5.40. The van der Waals surface area contributed by atoms with Crippen molar-refractivity contribution in [3.63, 3.8) is 0 Å². The van der Waals surface area contributed by atoms with Gasteiger partial charge in [0.2, 0.25) is 0 Å². The summed E-state index contributed by atoms with van der Waals surface area (Å²) >= 11 is 6.26. The van der Waals surface area contributed by atoms with Gasteiger partial charge in [-0.1, -0.05) is 32.4 Å². The minimum atomic E-state index is 0.258.